The Morgan fingerprint density at radius 3 is 2.93 bits per heavy atom. The van der Waals surface area contributed by atoms with Gasteiger partial charge in [-0.05, 0) is 18.6 Å². The Balaban J connectivity index is 2.78. The number of carbonyl (C=O) groups is 1. The minimum atomic E-state index is -0.0942. The molecule has 0 aliphatic carbocycles. The quantitative estimate of drug-likeness (QED) is 0.758. The number of hydrogen-bond acceptors (Lipinski definition) is 3. The fourth-order valence-electron chi connectivity index (χ4n) is 1.26. The Kier molecular flexibility index (Phi) is 4.02. The molecular formula is C12H14N2O. The number of rotatable bonds is 4. The summed E-state index contributed by atoms with van der Waals surface area (Å²) in [5.74, 6) is 0.00134. The second-order valence-corrected chi connectivity index (χ2v) is 3.49. The van der Waals surface area contributed by atoms with Crippen molar-refractivity contribution in [3.8, 4) is 6.07 Å². The highest BCUT2D eigenvalue weighted by molar-refractivity contribution is 5.96. The molecule has 0 aromatic heterocycles. The van der Waals surface area contributed by atoms with Crippen LogP contribution in [0, 0.1) is 11.3 Å². The molecule has 1 aromatic rings. The molecule has 0 aliphatic heterocycles. The van der Waals surface area contributed by atoms with Gasteiger partial charge in [0.25, 0.3) is 0 Å². The van der Waals surface area contributed by atoms with Crippen LogP contribution in [0.3, 0.4) is 0 Å². The van der Waals surface area contributed by atoms with Crippen LogP contribution in [0.1, 0.15) is 35.7 Å². The number of benzene rings is 1. The van der Waals surface area contributed by atoms with E-state index in [1.54, 1.807) is 24.3 Å². The molecule has 1 rings (SSSR count). The third kappa shape index (κ3) is 3.19. The van der Waals surface area contributed by atoms with E-state index in [4.69, 9.17) is 11.0 Å². The molecule has 1 aromatic carbocycles. The molecule has 0 saturated heterocycles. The second kappa shape index (κ2) is 5.28. The van der Waals surface area contributed by atoms with Crippen molar-refractivity contribution in [1.29, 1.82) is 5.26 Å². The number of nitriles is 1. The van der Waals surface area contributed by atoms with Gasteiger partial charge >= 0.3 is 0 Å². The van der Waals surface area contributed by atoms with Gasteiger partial charge in [0, 0.05) is 18.0 Å². The molecule has 1 atom stereocenters. The van der Waals surface area contributed by atoms with Gasteiger partial charge in [-0.15, -0.1) is 0 Å². The van der Waals surface area contributed by atoms with Crippen LogP contribution in [0.25, 0.3) is 0 Å². The van der Waals surface area contributed by atoms with E-state index in [1.165, 1.54) is 0 Å². The van der Waals surface area contributed by atoms with Gasteiger partial charge in [0.1, 0.15) is 0 Å². The van der Waals surface area contributed by atoms with E-state index in [2.05, 4.69) is 0 Å². The summed E-state index contributed by atoms with van der Waals surface area (Å²) in [6, 6.07) is 8.62. The molecule has 0 saturated carbocycles. The minimum Gasteiger partial charge on any atom is -0.327 e. The fourth-order valence-corrected chi connectivity index (χ4v) is 1.26. The summed E-state index contributed by atoms with van der Waals surface area (Å²) in [6.45, 7) is 1.95. The highest BCUT2D eigenvalue weighted by atomic mass is 16.1. The summed E-state index contributed by atoms with van der Waals surface area (Å²) in [5, 5.41) is 8.69. The van der Waals surface area contributed by atoms with Crippen LogP contribution in [-0.4, -0.2) is 11.8 Å². The first kappa shape index (κ1) is 11.4. The first-order chi connectivity index (χ1) is 7.17. The average molecular weight is 202 g/mol. The maximum absolute atomic E-state index is 11.7. The van der Waals surface area contributed by atoms with Crippen LogP contribution in [0.4, 0.5) is 0 Å². The third-order valence-corrected chi connectivity index (χ3v) is 2.29. The van der Waals surface area contributed by atoms with Gasteiger partial charge in [0.15, 0.2) is 5.78 Å². The molecule has 2 N–H and O–H groups in total. The van der Waals surface area contributed by atoms with E-state index >= 15 is 0 Å². The topological polar surface area (TPSA) is 66.9 Å². The van der Waals surface area contributed by atoms with Gasteiger partial charge in [-0.1, -0.05) is 19.1 Å². The highest BCUT2D eigenvalue weighted by Crippen LogP contribution is 2.08. The van der Waals surface area contributed by atoms with E-state index in [0.29, 0.717) is 17.5 Å². The lowest BCUT2D eigenvalue weighted by Crippen LogP contribution is -2.22. The molecule has 0 spiro atoms. The van der Waals surface area contributed by atoms with Crippen LogP contribution < -0.4 is 5.73 Å². The average Bonchev–Trinajstić information content (AvgIpc) is 2.28. The summed E-state index contributed by atoms with van der Waals surface area (Å²) < 4.78 is 0. The maximum Gasteiger partial charge on any atom is 0.164 e. The lowest BCUT2D eigenvalue weighted by molar-refractivity contribution is 0.0974. The van der Waals surface area contributed by atoms with Crippen molar-refractivity contribution < 1.29 is 4.79 Å². The Morgan fingerprint density at radius 1 is 1.60 bits per heavy atom. The lowest BCUT2D eigenvalue weighted by Gasteiger charge is -2.07. The van der Waals surface area contributed by atoms with Crippen LogP contribution >= 0.6 is 0 Å². The zero-order chi connectivity index (χ0) is 11.3. The number of ketones is 1. The molecule has 3 nitrogen and oxygen atoms in total. The maximum atomic E-state index is 11.7. The standard InChI is InChI=1S/C12H14N2O/c1-2-11(14)7-12(15)10-5-3-4-9(6-10)8-13/h3-6,11H,2,7,14H2,1H3. The molecule has 78 valence electrons. The van der Waals surface area contributed by atoms with Crippen molar-refractivity contribution in [1.82, 2.24) is 0 Å². The predicted octanol–water partition coefficient (Wildman–Crippen LogP) is 1.87. The van der Waals surface area contributed by atoms with E-state index in [0.717, 1.165) is 6.42 Å². The number of Topliss-reactive ketones (excluding diaryl/α,β-unsaturated/α-hetero) is 1. The first-order valence-electron chi connectivity index (χ1n) is 4.96. The normalized spacial score (nSPS) is 11.8. The van der Waals surface area contributed by atoms with Crippen molar-refractivity contribution in [2.75, 3.05) is 0 Å². The number of nitrogens with zero attached hydrogens (tertiary/aromatic N) is 1. The summed E-state index contributed by atoms with van der Waals surface area (Å²) >= 11 is 0. The summed E-state index contributed by atoms with van der Waals surface area (Å²) in [6.07, 6.45) is 1.12. The fraction of sp³-hybridized carbons (Fsp3) is 0.333. The van der Waals surface area contributed by atoms with Crippen molar-refractivity contribution in [2.45, 2.75) is 25.8 Å². The molecule has 0 aliphatic rings. The van der Waals surface area contributed by atoms with Crippen molar-refractivity contribution in [2.24, 2.45) is 5.73 Å². The van der Waals surface area contributed by atoms with Crippen molar-refractivity contribution in [3.63, 3.8) is 0 Å². The first-order valence-corrected chi connectivity index (χ1v) is 4.96. The van der Waals surface area contributed by atoms with Crippen LogP contribution in [0.5, 0.6) is 0 Å². The van der Waals surface area contributed by atoms with Gasteiger partial charge < -0.3 is 5.73 Å². The smallest absolute Gasteiger partial charge is 0.164 e. The van der Waals surface area contributed by atoms with Crippen molar-refractivity contribution in [3.05, 3.63) is 35.4 Å². The molecule has 0 bridgehead atoms. The number of carbonyl (C=O) groups excluding carboxylic acids is 1. The van der Waals surface area contributed by atoms with Gasteiger partial charge in [-0.2, -0.15) is 5.26 Å². The van der Waals surface area contributed by atoms with E-state index < -0.39 is 0 Å². The Bertz CT molecular complexity index is 393. The van der Waals surface area contributed by atoms with Crippen LogP contribution in [0.2, 0.25) is 0 Å². The van der Waals surface area contributed by atoms with Crippen LogP contribution in [0.15, 0.2) is 24.3 Å². The zero-order valence-corrected chi connectivity index (χ0v) is 8.73. The van der Waals surface area contributed by atoms with E-state index in [9.17, 15) is 4.79 Å². The lowest BCUT2D eigenvalue weighted by atomic mass is 10.0. The molecule has 1 unspecified atom stereocenters. The minimum absolute atomic E-state index is 0.00134. The molecule has 0 amide bonds. The largest absolute Gasteiger partial charge is 0.327 e. The molecule has 15 heavy (non-hydrogen) atoms. The molecule has 0 heterocycles. The Labute approximate surface area is 89.5 Å². The third-order valence-electron chi connectivity index (χ3n) is 2.29. The van der Waals surface area contributed by atoms with E-state index in [1.807, 2.05) is 13.0 Å². The molecule has 3 heteroatoms. The zero-order valence-electron chi connectivity index (χ0n) is 8.73. The van der Waals surface area contributed by atoms with Crippen LogP contribution in [-0.2, 0) is 0 Å². The number of hydrogen-bond donors (Lipinski definition) is 1. The summed E-state index contributed by atoms with van der Waals surface area (Å²) in [4.78, 5) is 11.7. The molecular weight excluding hydrogens is 188 g/mol. The Morgan fingerprint density at radius 2 is 2.33 bits per heavy atom. The van der Waals surface area contributed by atoms with Crippen molar-refractivity contribution >= 4 is 5.78 Å². The van der Waals surface area contributed by atoms with Gasteiger partial charge in [0.05, 0.1) is 11.6 Å². The van der Waals surface area contributed by atoms with Gasteiger partial charge in [-0.3, -0.25) is 4.79 Å². The Hall–Kier alpha value is -1.66. The van der Waals surface area contributed by atoms with Gasteiger partial charge in [-0.25, -0.2) is 0 Å². The summed E-state index contributed by atoms with van der Waals surface area (Å²) in [7, 11) is 0. The SMILES string of the molecule is CCC(N)CC(=O)c1cccc(C#N)c1. The van der Waals surface area contributed by atoms with E-state index in [-0.39, 0.29) is 11.8 Å². The number of nitrogens with two attached hydrogens (primary N) is 1. The predicted molar refractivity (Wildman–Crippen MR) is 58.4 cm³/mol. The second-order valence-electron chi connectivity index (χ2n) is 3.49. The van der Waals surface area contributed by atoms with Gasteiger partial charge in [0.2, 0.25) is 0 Å². The summed E-state index contributed by atoms with van der Waals surface area (Å²) in [5.41, 5.74) is 6.77. The highest BCUT2D eigenvalue weighted by Gasteiger charge is 2.10. The molecule has 0 radical (unpaired) electrons. The molecule has 0 fully saturated rings. The monoisotopic (exact) mass is 202 g/mol.